The molecule has 0 radical (unpaired) electrons. The first-order valence-corrected chi connectivity index (χ1v) is 8.29. The third-order valence-electron chi connectivity index (χ3n) is 3.37. The zero-order chi connectivity index (χ0) is 15.1. The first kappa shape index (κ1) is 16.1. The predicted octanol–water partition coefficient (Wildman–Crippen LogP) is 5.69. The van der Waals surface area contributed by atoms with Crippen LogP contribution in [0.1, 0.15) is 38.3 Å². The SMILES string of the molecule is CCCNC(CC)c1cccc(Oc2ccccc2Br)c1. The molecule has 0 bridgehead atoms. The molecule has 0 aliphatic rings. The van der Waals surface area contributed by atoms with Crippen LogP contribution in [-0.4, -0.2) is 6.54 Å². The van der Waals surface area contributed by atoms with Crippen molar-refractivity contribution in [2.24, 2.45) is 0 Å². The maximum absolute atomic E-state index is 5.97. The van der Waals surface area contributed by atoms with Crippen LogP contribution in [0, 0.1) is 0 Å². The normalized spacial score (nSPS) is 12.1. The Morgan fingerprint density at radius 2 is 1.90 bits per heavy atom. The van der Waals surface area contributed by atoms with E-state index in [0.29, 0.717) is 6.04 Å². The average molecular weight is 348 g/mol. The van der Waals surface area contributed by atoms with Crippen molar-refractivity contribution in [1.82, 2.24) is 5.32 Å². The van der Waals surface area contributed by atoms with Crippen LogP contribution >= 0.6 is 15.9 Å². The molecule has 2 rings (SSSR count). The van der Waals surface area contributed by atoms with Gasteiger partial charge in [0.05, 0.1) is 4.47 Å². The summed E-state index contributed by atoms with van der Waals surface area (Å²) < 4.78 is 6.94. The van der Waals surface area contributed by atoms with Crippen LogP contribution in [0.15, 0.2) is 53.0 Å². The minimum absolute atomic E-state index is 0.382. The number of hydrogen-bond acceptors (Lipinski definition) is 2. The molecule has 0 saturated heterocycles. The lowest BCUT2D eigenvalue weighted by Crippen LogP contribution is -2.21. The maximum atomic E-state index is 5.97. The molecule has 1 atom stereocenters. The Bertz CT molecular complexity index is 571. The lowest BCUT2D eigenvalue weighted by molar-refractivity contribution is 0.473. The third kappa shape index (κ3) is 4.58. The molecule has 3 heteroatoms. The highest BCUT2D eigenvalue weighted by molar-refractivity contribution is 9.10. The van der Waals surface area contributed by atoms with Gasteiger partial charge in [-0.15, -0.1) is 0 Å². The Morgan fingerprint density at radius 3 is 2.62 bits per heavy atom. The zero-order valence-corrected chi connectivity index (χ0v) is 14.2. The smallest absolute Gasteiger partial charge is 0.141 e. The van der Waals surface area contributed by atoms with Gasteiger partial charge in [-0.1, -0.05) is 38.1 Å². The van der Waals surface area contributed by atoms with Crippen LogP contribution in [0.4, 0.5) is 0 Å². The molecule has 2 aromatic carbocycles. The predicted molar refractivity (Wildman–Crippen MR) is 92.0 cm³/mol. The van der Waals surface area contributed by atoms with E-state index in [-0.39, 0.29) is 0 Å². The van der Waals surface area contributed by atoms with Crippen LogP contribution < -0.4 is 10.1 Å². The van der Waals surface area contributed by atoms with E-state index in [9.17, 15) is 0 Å². The van der Waals surface area contributed by atoms with Crippen LogP contribution in [0.5, 0.6) is 11.5 Å². The Kier molecular flexibility index (Phi) is 6.27. The van der Waals surface area contributed by atoms with Crippen molar-refractivity contribution < 1.29 is 4.74 Å². The molecular formula is C18H22BrNO. The Labute approximate surface area is 135 Å². The van der Waals surface area contributed by atoms with Gasteiger partial charge in [-0.3, -0.25) is 0 Å². The van der Waals surface area contributed by atoms with Gasteiger partial charge in [-0.2, -0.15) is 0 Å². The van der Waals surface area contributed by atoms with Gasteiger partial charge in [0, 0.05) is 6.04 Å². The number of benzene rings is 2. The quantitative estimate of drug-likeness (QED) is 0.694. The largest absolute Gasteiger partial charge is 0.456 e. The summed E-state index contributed by atoms with van der Waals surface area (Å²) in [6.07, 6.45) is 2.21. The number of para-hydroxylation sites is 1. The molecule has 1 N–H and O–H groups in total. The molecule has 2 aromatic rings. The fourth-order valence-corrected chi connectivity index (χ4v) is 2.63. The number of halogens is 1. The van der Waals surface area contributed by atoms with Gasteiger partial charge in [-0.25, -0.2) is 0 Å². The van der Waals surface area contributed by atoms with Crippen LogP contribution in [-0.2, 0) is 0 Å². The Morgan fingerprint density at radius 1 is 1.10 bits per heavy atom. The molecule has 0 aliphatic heterocycles. The first-order chi connectivity index (χ1) is 10.2. The summed E-state index contributed by atoms with van der Waals surface area (Å²) in [6.45, 7) is 5.43. The van der Waals surface area contributed by atoms with E-state index in [1.54, 1.807) is 0 Å². The second-order valence-electron chi connectivity index (χ2n) is 5.02. The van der Waals surface area contributed by atoms with E-state index in [1.165, 1.54) is 5.56 Å². The summed E-state index contributed by atoms with van der Waals surface area (Å²) in [7, 11) is 0. The fourth-order valence-electron chi connectivity index (χ4n) is 2.27. The average Bonchev–Trinajstić information content (AvgIpc) is 2.51. The highest BCUT2D eigenvalue weighted by atomic mass is 79.9. The van der Waals surface area contributed by atoms with E-state index >= 15 is 0 Å². The first-order valence-electron chi connectivity index (χ1n) is 7.50. The fraction of sp³-hybridized carbons (Fsp3) is 0.333. The van der Waals surface area contributed by atoms with Crippen molar-refractivity contribution in [2.75, 3.05) is 6.54 Å². The van der Waals surface area contributed by atoms with Gasteiger partial charge in [-0.05, 0) is 65.1 Å². The summed E-state index contributed by atoms with van der Waals surface area (Å²) in [6, 6.07) is 16.6. The van der Waals surface area contributed by atoms with Crippen molar-refractivity contribution >= 4 is 15.9 Å². The topological polar surface area (TPSA) is 21.3 Å². The van der Waals surface area contributed by atoms with Crippen LogP contribution in [0.2, 0.25) is 0 Å². The molecule has 0 amide bonds. The van der Waals surface area contributed by atoms with Crippen LogP contribution in [0.3, 0.4) is 0 Å². The van der Waals surface area contributed by atoms with Crippen LogP contribution in [0.25, 0.3) is 0 Å². The molecule has 0 spiro atoms. The molecule has 21 heavy (non-hydrogen) atoms. The van der Waals surface area contributed by atoms with Gasteiger partial charge in [0.15, 0.2) is 0 Å². The van der Waals surface area contributed by atoms with E-state index in [0.717, 1.165) is 35.4 Å². The Balaban J connectivity index is 2.15. The maximum Gasteiger partial charge on any atom is 0.141 e. The second kappa shape index (κ2) is 8.20. The number of ether oxygens (including phenoxy) is 1. The molecule has 0 saturated carbocycles. The highest BCUT2D eigenvalue weighted by Gasteiger charge is 2.09. The van der Waals surface area contributed by atoms with E-state index in [4.69, 9.17) is 4.74 Å². The summed E-state index contributed by atoms with van der Waals surface area (Å²) in [5.74, 6) is 1.71. The Hall–Kier alpha value is -1.32. The molecule has 0 heterocycles. The summed E-state index contributed by atoms with van der Waals surface area (Å²) in [5, 5.41) is 3.57. The van der Waals surface area contributed by atoms with Gasteiger partial charge >= 0.3 is 0 Å². The molecular weight excluding hydrogens is 326 g/mol. The van der Waals surface area contributed by atoms with Crippen molar-refractivity contribution in [3.63, 3.8) is 0 Å². The van der Waals surface area contributed by atoms with Crippen molar-refractivity contribution in [3.05, 3.63) is 58.6 Å². The highest BCUT2D eigenvalue weighted by Crippen LogP contribution is 2.30. The minimum atomic E-state index is 0.382. The minimum Gasteiger partial charge on any atom is -0.456 e. The second-order valence-corrected chi connectivity index (χ2v) is 5.87. The number of nitrogens with one attached hydrogen (secondary N) is 1. The number of hydrogen-bond donors (Lipinski definition) is 1. The third-order valence-corrected chi connectivity index (χ3v) is 4.03. The monoisotopic (exact) mass is 347 g/mol. The molecule has 0 fully saturated rings. The van der Waals surface area contributed by atoms with Gasteiger partial charge < -0.3 is 10.1 Å². The zero-order valence-electron chi connectivity index (χ0n) is 12.6. The van der Waals surface area contributed by atoms with Crippen molar-refractivity contribution in [1.29, 1.82) is 0 Å². The molecule has 0 aromatic heterocycles. The molecule has 2 nitrogen and oxygen atoms in total. The molecule has 112 valence electrons. The van der Waals surface area contributed by atoms with Gasteiger partial charge in [0.1, 0.15) is 11.5 Å². The number of rotatable bonds is 7. The van der Waals surface area contributed by atoms with Crippen molar-refractivity contribution in [3.8, 4) is 11.5 Å². The lowest BCUT2D eigenvalue weighted by Gasteiger charge is -2.18. The summed E-state index contributed by atoms with van der Waals surface area (Å²) in [5.41, 5.74) is 1.27. The van der Waals surface area contributed by atoms with E-state index < -0.39 is 0 Å². The molecule has 0 aliphatic carbocycles. The summed E-state index contributed by atoms with van der Waals surface area (Å²) in [4.78, 5) is 0. The standard InChI is InChI=1S/C18H22BrNO/c1-3-12-20-17(4-2)14-8-7-9-15(13-14)21-18-11-6-5-10-16(18)19/h5-11,13,17,20H,3-4,12H2,1-2H3. The van der Waals surface area contributed by atoms with Gasteiger partial charge in [0.25, 0.3) is 0 Å². The van der Waals surface area contributed by atoms with Crippen molar-refractivity contribution in [2.45, 2.75) is 32.7 Å². The molecule has 1 unspecified atom stereocenters. The van der Waals surface area contributed by atoms with Gasteiger partial charge in [0.2, 0.25) is 0 Å². The summed E-state index contributed by atoms with van der Waals surface area (Å²) >= 11 is 3.51. The van der Waals surface area contributed by atoms with E-state index in [2.05, 4.69) is 53.3 Å². The lowest BCUT2D eigenvalue weighted by atomic mass is 10.0. The van der Waals surface area contributed by atoms with E-state index in [1.807, 2.05) is 30.3 Å².